The molecule has 0 heterocycles. The standard InChI is InChI=1S/C12H16FN3O2.ClH/c1-8(14)11(17)15-6-7-16-12(18)9-2-4-10(13)5-3-9;/h2-5,8H,6-7,14H2,1H3,(H,15,17)(H,16,18);1H/t8-;/m0./s1. The van der Waals surface area contributed by atoms with Gasteiger partial charge in [-0.3, -0.25) is 9.59 Å². The molecular weight excluding hydrogens is 273 g/mol. The predicted octanol–water partition coefficient (Wildman–Crippen LogP) is 0.441. The lowest BCUT2D eigenvalue weighted by Crippen LogP contribution is -2.42. The van der Waals surface area contributed by atoms with Crippen LogP contribution in [0.3, 0.4) is 0 Å². The molecule has 1 atom stereocenters. The minimum absolute atomic E-state index is 0. The molecule has 1 aromatic rings. The van der Waals surface area contributed by atoms with Gasteiger partial charge in [0.1, 0.15) is 5.82 Å². The molecule has 5 nitrogen and oxygen atoms in total. The fourth-order valence-corrected chi connectivity index (χ4v) is 1.23. The van der Waals surface area contributed by atoms with E-state index in [0.29, 0.717) is 12.1 Å². The van der Waals surface area contributed by atoms with Gasteiger partial charge in [0.2, 0.25) is 5.91 Å². The van der Waals surface area contributed by atoms with Gasteiger partial charge >= 0.3 is 0 Å². The van der Waals surface area contributed by atoms with Crippen molar-refractivity contribution in [3.05, 3.63) is 35.6 Å². The van der Waals surface area contributed by atoms with Crippen molar-refractivity contribution in [1.82, 2.24) is 10.6 Å². The SMILES string of the molecule is C[C@H](N)C(=O)NCCNC(=O)c1ccc(F)cc1.Cl. The number of nitrogens with one attached hydrogen (secondary N) is 2. The van der Waals surface area contributed by atoms with Crippen molar-refractivity contribution in [1.29, 1.82) is 0 Å². The van der Waals surface area contributed by atoms with Crippen LogP contribution in [0.1, 0.15) is 17.3 Å². The van der Waals surface area contributed by atoms with Gasteiger partial charge in [-0.15, -0.1) is 12.4 Å². The number of benzene rings is 1. The molecule has 0 bridgehead atoms. The fraction of sp³-hybridized carbons (Fsp3) is 0.333. The van der Waals surface area contributed by atoms with Crippen molar-refractivity contribution in [3.63, 3.8) is 0 Å². The Balaban J connectivity index is 0.00000324. The van der Waals surface area contributed by atoms with Gasteiger partial charge in [-0.1, -0.05) is 0 Å². The van der Waals surface area contributed by atoms with Crippen LogP contribution in [0.4, 0.5) is 4.39 Å². The maximum Gasteiger partial charge on any atom is 0.251 e. The van der Waals surface area contributed by atoms with Crippen LogP contribution in [0.15, 0.2) is 24.3 Å². The number of hydrogen-bond acceptors (Lipinski definition) is 3. The van der Waals surface area contributed by atoms with Crippen molar-refractivity contribution in [2.75, 3.05) is 13.1 Å². The molecule has 1 aromatic carbocycles. The van der Waals surface area contributed by atoms with Gasteiger partial charge in [-0.2, -0.15) is 0 Å². The second-order valence-electron chi connectivity index (χ2n) is 3.84. The topological polar surface area (TPSA) is 84.2 Å². The summed E-state index contributed by atoms with van der Waals surface area (Å²) in [5, 5.41) is 5.16. The third-order valence-electron chi connectivity index (χ3n) is 2.23. The van der Waals surface area contributed by atoms with E-state index in [1.165, 1.54) is 24.3 Å². The lowest BCUT2D eigenvalue weighted by molar-refractivity contribution is -0.121. The molecule has 1 rings (SSSR count). The molecule has 0 spiro atoms. The highest BCUT2D eigenvalue weighted by molar-refractivity contribution is 5.94. The molecule has 0 fully saturated rings. The van der Waals surface area contributed by atoms with E-state index in [1.807, 2.05) is 0 Å². The summed E-state index contributed by atoms with van der Waals surface area (Å²) in [6, 6.07) is 4.65. The fourth-order valence-electron chi connectivity index (χ4n) is 1.23. The minimum atomic E-state index is -0.571. The lowest BCUT2D eigenvalue weighted by atomic mass is 10.2. The minimum Gasteiger partial charge on any atom is -0.353 e. The Morgan fingerprint density at radius 3 is 2.26 bits per heavy atom. The summed E-state index contributed by atoms with van der Waals surface area (Å²) in [5.74, 6) is -0.980. The van der Waals surface area contributed by atoms with Crippen LogP contribution in [-0.2, 0) is 4.79 Å². The van der Waals surface area contributed by atoms with Gasteiger partial charge < -0.3 is 16.4 Å². The quantitative estimate of drug-likeness (QED) is 0.688. The van der Waals surface area contributed by atoms with Gasteiger partial charge in [0, 0.05) is 18.7 Å². The van der Waals surface area contributed by atoms with Gasteiger partial charge in [0.15, 0.2) is 0 Å². The first-order chi connectivity index (χ1) is 8.50. The van der Waals surface area contributed by atoms with Crippen molar-refractivity contribution in [3.8, 4) is 0 Å². The highest BCUT2D eigenvalue weighted by atomic mass is 35.5. The number of nitrogens with two attached hydrogens (primary N) is 1. The largest absolute Gasteiger partial charge is 0.353 e. The van der Waals surface area contributed by atoms with E-state index in [4.69, 9.17) is 5.73 Å². The summed E-state index contributed by atoms with van der Waals surface area (Å²) in [4.78, 5) is 22.7. The number of rotatable bonds is 5. The van der Waals surface area contributed by atoms with Crippen LogP contribution in [0.2, 0.25) is 0 Å². The first-order valence-electron chi connectivity index (χ1n) is 5.58. The number of carbonyl (C=O) groups is 2. The first kappa shape index (κ1) is 17.3. The second-order valence-corrected chi connectivity index (χ2v) is 3.84. The van der Waals surface area contributed by atoms with Crippen molar-refractivity contribution >= 4 is 24.2 Å². The average Bonchev–Trinajstić information content (AvgIpc) is 2.34. The van der Waals surface area contributed by atoms with Crippen LogP contribution in [0.25, 0.3) is 0 Å². The molecule has 0 unspecified atom stereocenters. The molecule has 19 heavy (non-hydrogen) atoms. The predicted molar refractivity (Wildman–Crippen MR) is 72.6 cm³/mol. The number of halogens is 2. The summed E-state index contributed by atoms with van der Waals surface area (Å²) in [6.07, 6.45) is 0. The summed E-state index contributed by atoms with van der Waals surface area (Å²) < 4.78 is 12.6. The third kappa shape index (κ3) is 6.17. The van der Waals surface area contributed by atoms with Gasteiger partial charge in [-0.25, -0.2) is 4.39 Å². The normalized spacial score (nSPS) is 11.1. The molecular formula is C12H17ClFN3O2. The van der Waals surface area contributed by atoms with Crippen LogP contribution in [0, 0.1) is 5.82 Å². The van der Waals surface area contributed by atoms with E-state index in [9.17, 15) is 14.0 Å². The Bertz CT molecular complexity index is 423. The van der Waals surface area contributed by atoms with Gasteiger partial charge in [0.05, 0.1) is 6.04 Å². The Morgan fingerprint density at radius 2 is 1.74 bits per heavy atom. The molecule has 0 aliphatic rings. The zero-order valence-electron chi connectivity index (χ0n) is 10.5. The molecule has 4 N–H and O–H groups in total. The van der Waals surface area contributed by atoms with E-state index >= 15 is 0 Å². The number of carbonyl (C=O) groups excluding carboxylic acids is 2. The lowest BCUT2D eigenvalue weighted by Gasteiger charge is -2.08. The molecule has 0 aromatic heterocycles. The van der Waals surface area contributed by atoms with Gasteiger partial charge in [-0.05, 0) is 31.2 Å². The van der Waals surface area contributed by atoms with Gasteiger partial charge in [0.25, 0.3) is 5.91 Å². The molecule has 0 saturated carbocycles. The van der Waals surface area contributed by atoms with E-state index in [-0.39, 0.29) is 30.8 Å². The third-order valence-corrected chi connectivity index (χ3v) is 2.23. The molecule has 0 saturated heterocycles. The van der Waals surface area contributed by atoms with E-state index in [2.05, 4.69) is 10.6 Å². The molecule has 2 amide bonds. The molecule has 7 heteroatoms. The van der Waals surface area contributed by atoms with Crippen molar-refractivity contribution < 1.29 is 14.0 Å². The second kappa shape index (κ2) is 8.44. The summed E-state index contributed by atoms with van der Waals surface area (Å²) in [6.45, 7) is 2.16. The molecule has 106 valence electrons. The summed E-state index contributed by atoms with van der Waals surface area (Å²) in [7, 11) is 0. The van der Waals surface area contributed by atoms with Crippen LogP contribution in [-0.4, -0.2) is 30.9 Å². The monoisotopic (exact) mass is 289 g/mol. The van der Waals surface area contributed by atoms with E-state index < -0.39 is 11.9 Å². The Kier molecular flexibility index (Phi) is 7.71. The summed E-state index contributed by atoms with van der Waals surface area (Å²) in [5.41, 5.74) is 5.72. The zero-order valence-corrected chi connectivity index (χ0v) is 11.3. The zero-order chi connectivity index (χ0) is 13.5. The highest BCUT2D eigenvalue weighted by Gasteiger charge is 2.07. The summed E-state index contributed by atoms with van der Waals surface area (Å²) >= 11 is 0. The van der Waals surface area contributed by atoms with E-state index in [1.54, 1.807) is 6.92 Å². The van der Waals surface area contributed by atoms with Crippen LogP contribution >= 0.6 is 12.4 Å². The molecule has 0 radical (unpaired) electrons. The van der Waals surface area contributed by atoms with Crippen LogP contribution in [0.5, 0.6) is 0 Å². The number of hydrogen-bond donors (Lipinski definition) is 3. The highest BCUT2D eigenvalue weighted by Crippen LogP contribution is 2.01. The van der Waals surface area contributed by atoms with Crippen molar-refractivity contribution in [2.24, 2.45) is 5.73 Å². The maximum atomic E-state index is 12.6. The first-order valence-corrected chi connectivity index (χ1v) is 5.58. The Morgan fingerprint density at radius 1 is 1.21 bits per heavy atom. The van der Waals surface area contributed by atoms with Crippen molar-refractivity contribution in [2.45, 2.75) is 13.0 Å². The van der Waals surface area contributed by atoms with Crippen LogP contribution < -0.4 is 16.4 Å². The smallest absolute Gasteiger partial charge is 0.251 e. The maximum absolute atomic E-state index is 12.6. The number of amides is 2. The molecule has 0 aliphatic heterocycles. The van der Waals surface area contributed by atoms with E-state index in [0.717, 1.165) is 0 Å². The molecule has 0 aliphatic carbocycles. The Hall–Kier alpha value is -1.66. The Labute approximate surface area is 117 Å². The average molecular weight is 290 g/mol.